The molecule has 1 aromatic carbocycles. The fourth-order valence-electron chi connectivity index (χ4n) is 2.55. The van der Waals surface area contributed by atoms with Crippen molar-refractivity contribution in [3.63, 3.8) is 0 Å². The van der Waals surface area contributed by atoms with E-state index < -0.39 is 10.0 Å². The predicted molar refractivity (Wildman–Crippen MR) is 92.1 cm³/mol. The summed E-state index contributed by atoms with van der Waals surface area (Å²) in [7, 11) is -3.50. The summed E-state index contributed by atoms with van der Waals surface area (Å²) in [4.78, 5) is 15.1. The smallest absolute Gasteiger partial charge is 0.252 e. The van der Waals surface area contributed by atoms with E-state index in [1.54, 1.807) is 18.2 Å². The second-order valence-corrected chi connectivity index (χ2v) is 7.81. The molecule has 2 aromatic heterocycles. The summed E-state index contributed by atoms with van der Waals surface area (Å²) in [5.41, 5.74) is 1.90. The molecule has 0 aliphatic heterocycles. The number of rotatable bonds is 5. The molecular weight excluding hydrogens is 328 g/mol. The van der Waals surface area contributed by atoms with E-state index >= 15 is 0 Å². The van der Waals surface area contributed by atoms with Gasteiger partial charge >= 0.3 is 0 Å². The second-order valence-electron chi connectivity index (χ2n) is 5.82. The fraction of sp³-hybridized carbons (Fsp3) is 0.235. The molecule has 3 aromatic rings. The largest absolute Gasteiger partial charge is 0.468 e. The van der Waals surface area contributed by atoms with E-state index in [-0.39, 0.29) is 18.6 Å². The lowest BCUT2D eigenvalue weighted by Gasteiger charge is -2.18. The minimum Gasteiger partial charge on any atom is -0.468 e. The van der Waals surface area contributed by atoms with Crippen LogP contribution < -0.4 is 5.56 Å². The van der Waals surface area contributed by atoms with Crippen LogP contribution in [0.2, 0.25) is 0 Å². The Bertz CT molecular complexity index is 1020. The standard InChI is InChI=1S/C17H18N2O4S/c1-12-5-6-16-13(8-12)9-14(17(20)18-16)10-19(24(2,21)22)11-15-4-3-7-23-15/h3-9H,10-11H2,1-2H3,(H,18,20). The highest BCUT2D eigenvalue weighted by atomic mass is 32.2. The zero-order valence-electron chi connectivity index (χ0n) is 13.4. The number of hydrogen-bond donors (Lipinski definition) is 1. The predicted octanol–water partition coefficient (Wildman–Crippen LogP) is 2.39. The molecule has 0 spiro atoms. The second kappa shape index (κ2) is 6.26. The number of H-pyrrole nitrogens is 1. The Morgan fingerprint density at radius 1 is 1.17 bits per heavy atom. The summed E-state index contributed by atoms with van der Waals surface area (Å²) < 4.78 is 30.6. The van der Waals surface area contributed by atoms with Crippen molar-refractivity contribution < 1.29 is 12.8 Å². The first-order valence-corrected chi connectivity index (χ1v) is 9.28. The van der Waals surface area contributed by atoms with Crippen LogP contribution in [-0.4, -0.2) is 24.0 Å². The Hall–Kier alpha value is -2.38. The molecule has 0 aliphatic rings. The Morgan fingerprint density at radius 3 is 2.62 bits per heavy atom. The molecule has 0 saturated carbocycles. The fourth-order valence-corrected chi connectivity index (χ4v) is 3.28. The molecular formula is C17H18N2O4S. The number of hydrogen-bond acceptors (Lipinski definition) is 4. The van der Waals surface area contributed by atoms with Crippen molar-refractivity contribution in [1.82, 2.24) is 9.29 Å². The summed E-state index contributed by atoms with van der Waals surface area (Å²) in [5, 5.41) is 0.871. The van der Waals surface area contributed by atoms with Gasteiger partial charge in [0.2, 0.25) is 10.0 Å². The van der Waals surface area contributed by atoms with Crippen molar-refractivity contribution in [1.29, 1.82) is 0 Å². The molecule has 6 nitrogen and oxygen atoms in total. The van der Waals surface area contributed by atoms with Gasteiger partial charge in [-0.3, -0.25) is 4.79 Å². The third-order valence-corrected chi connectivity index (χ3v) is 5.00. The van der Waals surface area contributed by atoms with Crippen LogP contribution in [0.1, 0.15) is 16.9 Å². The van der Waals surface area contributed by atoms with Gasteiger partial charge in [0.15, 0.2) is 0 Å². The minimum absolute atomic E-state index is 0.0151. The summed E-state index contributed by atoms with van der Waals surface area (Å²) in [6.07, 6.45) is 2.61. The summed E-state index contributed by atoms with van der Waals surface area (Å²) in [5.74, 6) is 0.522. The lowest BCUT2D eigenvalue weighted by Crippen LogP contribution is -2.31. The van der Waals surface area contributed by atoms with Crippen molar-refractivity contribution in [2.75, 3.05) is 6.26 Å². The third kappa shape index (κ3) is 3.58. The Balaban J connectivity index is 1.98. The molecule has 0 unspecified atom stereocenters. The maximum absolute atomic E-state index is 12.3. The van der Waals surface area contributed by atoms with E-state index in [1.807, 2.05) is 25.1 Å². The van der Waals surface area contributed by atoms with Crippen LogP contribution in [-0.2, 0) is 23.1 Å². The average Bonchev–Trinajstić information content (AvgIpc) is 3.00. The van der Waals surface area contributed by atoms with Gasteiger partial charge in [0.1, 0.15) is 5.76 Å². The zero-order valence-corrected chi connectivity index (χ0v) is 14.3. The van der Waals surface area contributed by atoms with Gasteiger partial charge < -0.3 is 9.40 Å². The van der Waals surface area contributed by atoms with Crippen LogP contribution in [0.4, 0.5) is 0 Å². The molecule has 2 heterocycles. The zero-order chi connectivity index (χ0) is 17.3. The van der Waals surface area contributed by atoms with Gasteiger partial charge in [-0.05, 0) is 42.6 Å². The van der Waals surface area contributed by atoms with E-state index in [2.05, 4.69) is 4.98 Å². The summed E-state index contributed by atoms with van der Waals surface area (Å²) in [6, 6.07) is 10.8. The molecule has 0 atom stereocenters. The Morgan fingerprint density at radius 2 is 1.96 bits per heavy atom. The first kappa shape index (κ1) is 16.5. The van der Waals surface area contributed by atoms with Gasteiger partial charge in [0.25, 0.3) is 5.56 Å². The number of nitrogens with one attached hydrogen (secondary N) is 1. The van der Waals surface area contributed by atoms with Crippen LogP contribution in [0.3, 0.4) is 0 Å². The highest BCUT2D eigenvalue weighted by Crippen LogP contribution is 2.16. The van der Waals surface area contributed by atoms with Gasteiger partial charge in [-0.2, -0.15) is 4.31 Å². The minimum atomic E-state index is -3.50. The lowest BCUT2D eigenvalue weighted by atomic mass is 10.1. The summed E-state index contributed by atoms with van der Waals surface area (Å²) in [6.45, 7) is 2.03. The average molecular weight is 346 g/mol. The number of furan rings is 1. The van der Waals surface area contributed by atoms with Gasteiger partial charge in [-0.15, -0.1) is 0 Å². The van der Waals surface area contributed by atoms with Crippen LogP contribution in [0.5, 0.6) is 0 Å². The molecule has 7 heteroatoms. The number of fused-ring (bicyclic) bond motifs is 1. The first-order chi connectivity index (χ1) is 11.3. The molecule has 0 amide bonds. The normalized spacial score (nSPS) is 12.1. The van der Waals surface area contributed by atoms with Crippen LogP contribution >= 0.6 is 0 Å². The maximum Gasteiger partial charge on any atom is 0.252 e. The van der Waals surface area contributed by atoms with Gasteiger partial charge in [-0.25, -0.2) is 8.42 Å². The molecule has 0 radical (unpaired) electrons. The number of aromatic nitrogens is 1. The molecule has 0 bridgehead atoms. The highest BCUT2D eigenvalue weighted by molar-refractivity contribution is 7.88. The van der Waals surface area contributed by atoms with Crippen molar-refractivity contribution >= 4 is 20.9 Å². The number of nitrogens with zero attached hydrogens (tertiary/aromatic N) is 1. The highest BCUT2D eigenvalue weighted by Gasteiger charge is 2.20. The lowest BCUT2D eigenvalue weighted by molar-refractivity contribution is 0.360. The molecule has 24 heavy (non-hydrogen) atoms. The van der Waals surface area contributed by atoms with E-state index in [1.165, 1.54) is 10.6 Å². The summed E-state index contributed by atoms with van der Waals surface area (Å²) >= 11 is 0. The van der Waals surface area contributed by atoms with Crippen LogP contribution in [0, 0.1) is 6.92 Å². The number of benzene rings is 1. The SMILES string of the molecule is Cc1ccc2[nH]c(=O)c(CN(Cc3ccco3)S(C)(=O)=O)cc2c1. The number of pyridine rings is 1. The maximum atomic E-state index is 12.3. The Labute approximate surface area is 139 Å². The van der Waals surface area contributed by atoms with E-state index in [4.69, 9.17) is 4.42 Å². The van der Waals surface area contributed by atoms with Crippen molar-refractivity contribution in [3.05, 3.63) is 69.9 Å². The van der Waals surface area contributed by atoms with E-state index in [0.717, 1.165) is 22.7 Å². The monoisotopic (exact) mass is 346 g/mol. The molecule has 1 N–H and O–H groups in total. The first-order valence-electron chi connectivity index (χ1n) is 7.43. The quantitative estimate of drug-likeness (QED) is 0.769. The molecule has 0 aliphatic carbocycles. The third-order valence-electron chi connectivity index (χ3n) is 3.80. The van der Waals surface area contributed by atoms with Crippen molar-refractivity contribution in [2.45, 2.75) is 20.0 Å². The number of aromatic amines is 1. The van der Waals surface area contributed by atoms with Gasteiger partial charge in [0.05, 0.1) is 19.1 Å². The molecule has 0 saturated heterocycles. The van der Waals surface area contributed by atoms with Gasteiger partial charge in [-0.1, -0.05) is 11.6 Å². The topological polar surface area (TPSA) is 83.4 Å². The van der Waals surface area contributed by atoms with E-state index in [0.29, 0.717) is 11.3 Å². The molecule has 126 valence electrons. The number of sulfonamides is 1. The molecule has 3 rings (SSSR count). The van der Waals surface area contributed by atoms with Crippen molar-refractivity contribution in [2.24, 2.45) is 0 Å². The van der Waals surface area contributed by atoms with Gasteiger partial charge in [0, 0.05) is 17.6 Å². The number of aryl methyl sites for hydroxylation is 1. The van der Waals surface area contributed by atoms with Crippen molar-refractivity contribution in [3.8, 4) is 0 Å². The Kier molecular flexibility index (Phi) is 4.29. The van der Waals surface area contributed by atoms with Crippen LogP contribution in [0.15, 0.2) is 51.9 Å². The van der Waals surface area contributed by atoms with E-state index in [9.17, 15) is 13.2 Å². The van der Waals surface area contributed by atoms with Crippen LogP contribution in [0.25, 0.3) is 10.9 Å². The molecule has 0 fully saturated rings.